The van der Waals surface area contributed by atoms with Gasteiger partial charge in [-0.2, -0.15) is 22.0 Å². The minimum atomic E-state index is -5.97. The molecule has 0 aliphatic rings. The molecule has 0 aromatic heterocycles. The monoisotopic (exact) mass is 311 g/mol. The molecule has 1 N–H and O–H groups in total. The van der Waals surface area contributed by atoms with E-state index in [9.17, 15) is 31.5 Å². The van der Waals surface area contributed by atoms with Crippen molar-refractivity contribution in [2.24, 2.45) is 0 Å². The Morgan fingerprint density at radius 2 is 1.57 bits per heavy atom. The number of aromatic carboxylic acids is 1. The molecule has 9 heteroatoms. The van der Waals surface area contributed by atoms with Crippen molar-refractivity contribution in [2.75, 3.05) is 7.05 Å². The number of carboxylic acid groups (broad SMARTS) is 1. The van der Waals surface area contributed by atoms with E-state index in [1.165, 1.54) is 12.1 Å². The number of hydrogen-bond donors (Lipinski definition) is 1. The summed E-state index contributed by atoms with van der Waals surface area (Å²) in [5, 5.41) is 8.65. The van der Waals surface area contributed by atoms with Gasteiger partial charge in [0.15, 0.2) is 0 Å². The van der Waals surface area contributed by atoms with E-state index in [2.05, 4.69) is 0 Å². The number of carbonyl (C=O) groups is 2. The molecule has 0 heterocycles. The molecule has 21 heavy (non-hydrogen) atoms. The lowest BCUT2D eigenvalue weighted by Gasteiger charge is -2.24. The zero-order valence-electron chi connectivity index (χ0n) is 10.6. The quantitative estimate of drug-likeness (QED) is 0.869. The topological polar surface area (TPSA) is 57.6 Å². The third-order valence-electron chi connectivity index (χ3n) is 2.59. The number of carbonyl (C=O) groups excluding carboxylic acids is 1. The lowest BCUT2D eigenvalue weighted by molar-refractivity contribution is -0.274. The van der Waals surface area contributed by atoms with Crippen LogP contribution < -0.4 is 0 Å². The Labute approximate surface area is 115 Å². The van der Waals surface area contributed by atoms with Crippen molar-refractivity contribution < 1.29 is 36.6 Å². The molecule has 116 valence electrons. The molecule has 0 saturated carbocycles. The van der Waals surface area contributed by atoms with Crippen LogP contribution in [0.3, 0.4) is 0 Å². The van der Waals surface area contributed by atoms with Crippen LogP contribution in [-0.2, 0) is 11.3 Å². The average Bonchev–Trinajstić information content (AvgIpc) is 2.36. The van der Waals surface area contributed by atoms with E-state index in [4.69, 9.17) is 5.11 Å². The molecule has 0 saturated heterocycles. The Balaban J connectivity index is 2.84. The highest BCUT2D eigenvalue weighted by molar-refractivity contribution is 5.87. The summed E-state index contributed by atoms with van der Waals surface area (Å²) in [6.45, 7) is -0.510. The molecule has 0 unspecified atom stereocenters. The predicted molar refractivity (Wildman–Crippen MR) is 60.9 cm³/mol. The molecule has 1 amide bonds. The van der Waals surface area contributed by atoms with Crippen molar-refractivity contribution in [1.29, 1.82) is 0 Å². The summed E-state index contributed by atoms with van der Waals surface area (Å²) in [6.07, 6.45) is -5.97. The number of carboxylic acids is 1. The lowest BCUT2D eigenvalue weighted by Crippen LogP contribution is -2.50. The van der Waals surface area contributed by atoms with Crippen LogP contribution in [0.5, 0.6) is 0 Å². The van der Waals surface area contributed by atoms with E-state index in [-0.39, 0.29) is 16.0 Å². The van der Waals surface area contributed by atoms with Crippen molar-refractivity contribution >= 4 is 11.9 Å². The average molecular weight is 311 g/mol. The van der Waals surface area contributed by atoms with Crippen LogP contribution in [0.2, 0.25) is 0 Å². The van der Waals surface area contributed by atoms with Gasteiger partial charge in [-0.15, -0.1) is 0 Å². The molecule has 0 radical (unpaired) electrons. The maximum atomic E-state index is 12.9. The summed E-state index contributed by atoms with van der Waals surface area (Å²) in [4.78, 5) is 22.0. The van der Waals surface area contributed by atoms with Crippen molar-refractivity contribution in [3.8, 4) is 0 Å². The minimum absolute atomic E-state index is 0.0756. The van der Waals surface area contributed by atoms with Gasteiger partial charge in [-0.25, -0.2) is 4.79 Å². The number of halogens is 5. The molecule has 0 aliphatic carbocycles. The van der Waals surface area contributed by atoms with Crippen LogP contribution in [0.4, 0.5) is 22.0 Å². The normalized spacial score (nSPS) is 12.1. The van der Waals surface area contributed by atoms with Gasteiger partial charge in [-0.05, 0) is 17.7 Å². The fourth-order valence-electron chi connectivity index (χ4n) is 1.46. The van der Waals surface area contributed by atoms with Gasteiger partial charge in [0.05, 0.1) is 5.56 Å². The summed E-state index contributed by atoms with van der Waals surface area (Å²) in [5.74, 6) is -9.06. The molecular formula is C12H10F5NO3. The molecule has 0 aliphatic heterocycles. The van der Waals surface area contributed by atoms with E-state index < -0.39 is 30.5 Å². The SMILES string of the molecule is CN(Cc1ccc(C(=O)O)cc1)C(=O)C(F)(F)C(F)(F)F. The summed E-state index contributed by atoms with van der Waals surface area (Å²) >= 11 is 0. The Bertz CT molecular complexity index is 539. The Morgan fingerprint density at radius 3 is 1.95 bits per heavy atom. The first-order valence-corrected chi connectivity index (χ1v) is 5.49. The first-order chi connectivity index (χ1) is 9.46. The molecule has 4 nitrogen and oxygen atoms in total. The third-order valence-corrected chi connectivity index (χ3v) is 2.59. The molecular weight excluding hydrogens is 301 g/mol. The molecule has 1 rings (SSSR count). The van der Waals surface area contributed by atoms with Crippen LogP contribution in [-0.4, -0.2) is 41.0 Å². The molecule has 1 aromatic rings. The first-order valence-electron chi connectivity index (χ1n) is 5.49. The number of amides is 1. The zero-order valence-corrected chi connectivity index (χ0v) is 10.6. The molecule has 1 aromatic carbocycles. The van der Waals surface area contributed by atoms with Crippen molar-refractivity contribution in [3.63, 3.8) is 0 Å². The van der Waals surface area contributed by atoms with Gasteiger partial charge in [0.2, 0.25) is 0 Å². The minimum Gasteiger partial charge on any atom is -0.478 e. The predicted octanol–water partition coefficient (Wildman–Crippen LogP) is 2.54. The molecule has 0 fully saturated rings. The van der Waals surface area contributed by atoms with Crippen LogP contribution >= 0.6 is 0 Å². The van der Waals surface area contributed by atoms with Crippen LogP contribution in [0.1, 0.15) is 15.9 Å². The largest absolute Gasteiger partial charge is 0.478 e. The van der Waals surface area contributed by atoms with Gasteiger partial charge in [0.1, 0.15) is 0 Å². The summed E-state index contributed by atoms with van der Waals surface area (Å²) in [6, 6.07) is 4.74. The number of rotatable bonds is 4. The van der Waals surface area contributed by atoms with Crippen molar-refractivity contribution in [1.82, 2.24) is 4.90 Å². The van der Waals surface area contributed by atoms with Gasteiger partial charge in [0, 0.05) is 13.6 Å². The van der Waals surface area contributed by atoms with Crippen LogP contribution in [0, 0.1) is 0 Å². The van der Waals surface area contributed by atoms with Gasteiger partial charge in [-0.1, -0.05) is 12.1 Å². The molecule has 0 atom stereocenters. The summed E-state index contributed by atoms with van der Waals surface area (Å²) < 4.78 is 61.9. The van der Waals surface area contributed by atoms with E-state index in [0.29, 0.717) is 0 Å². The second-order valence-electron chi connectivity index (χ2n) is 4.24. The second-order valence-corrected chi connectivity index (χ2v) is 4.24. The maximum Gasteiger partial charge on any atom is 0.463 e. The zero-order chi connectivity index (χ0) is 16.4. The van der Waals surface area contributed by atoms with E-state index in [0.717, 1.165) is 19.2 Å². The van der Waals surface area contributed by atoms with E-state index in [1.807, 2.05) is 0 Å². The van der Waals surface area contributed by atoms with Crippen LogP contribution in [0.15, 0.2) is 24.3 Å². The molecule has 0 bridgehead atoms. The van der Waals surface area contributed by atoms with Crippen LogP contribution in [0.25, 0.3) is 0 Å². The first kappa shape index (κ1) is 16.9. The fourth-order valence-corrected chi connectivity index (χ4v) is 1.46. The third kappa shape index (κ3) is 3.67. The maximum absolute atomic E-state index is 12.9. The van der Waals surface area contributed by atoms with Gasteiger partial charge in [0.25, 0.3) is 0 Å². The number of nitrogens with zero attached hydrogens (tertiary/aromatic N) is 1. The Hall–Kier alpha value is -2.19. The molecule has 0 spiro atoms. The van der Waals surface area contributed by atoms with Crippen molar-refractivity contribution in [3.05, 3.63) is 35.4 Å². The second kappa shape index (κ2) is 5.66. The Morgan fingerprint density at radius 1 is 1.10 bits per heavy atom. The lowest BCUT2D eigenvalue weighted by atomic mass is 10.1. The highest BCUT2D eigenvalue weighted by Crippen LogP contribution is 2.36. The standard InChI is InChI=1S/C12H10F5NO3/c1-18(10(21)11(13,14)12(15,16)17)6-7-2-4-8(5-3-7)9(19)20/h2-5H,6H2,1H3,(H,19,20). The highest BCUT2D eigenvalue weighted by atomic mass is 19.4. The summed E-state index contributed by atoms with van der Waals surface area (Å²) in [5.41, 5.74) is 0.141. The number of hydrogen-bond acceptors (Lipinski definition) is 2. The smallest absolute Gasteiger partial charge is 0.463 e. The highest BCUT2D eigenvalue weighted by Gasteiger charge is 2.64. The van der Waals surface area contributed by atoms with Gasteiger partial charge < -0.3 is 10.0 Å². The number of alkyl halides is 5. The number of benzene rings is 1. The van der Waals surface area contributed by atoms with Gasteiger partial charge >= 0.3 is 24.0 Å². The fraction of sp³-hybridized carbons (Fsp3) is 0.333. The summed E-state index contributed by atoms with van der Waals surface area (Å²) in [7, 11) is 0.799. The van der Waals surface area contributed by atoms with E-state index in [1.54, 1.807) is 0 Å². The van der Waals surface area contributed by atoms with Gasteiger partial charge in [-0.3, -0.25) is 4.79 Å². The van der Waals surface area contributed by atoms with E-state index >= 15 is 0 Å². The Kier molecular flexibility index (Phi) is 4.55. The van der Waals surface area contributed by atoms with Crippen molar-refractivity contribution in [2.45, 2.75) is 18.6 Å².